The molecule has 4 rings (SSSR count). The van der Waals surface area contributed by atoms with Crippen molar-refractivity contribution in [3.8, 4) is 22.9 Å². The first kappa shape index (κ1) is 18.9. The first-order chi connectivity index (χ1) is 14.0. The van der Waals surface area contributed by atoms with Crippen molar-refractivity contribution in [1.29, 1.82) is 0 Å². The first-order valence-corrected chi connectivity index (χ1v) is 8.92. The topological polar surface area (TPSA) is 88.7 Å². The maximum atomic E-state index is 13.6. The number of hydrogen-bond acceptors (Lipinski definition) is 6. The molecule has 0 radical (unpaired) electrons. The van der Waals surface area contributed by atoms with Gasteiger partial charge in [0.15, 0.2) is 11.6 Å². The number of benzene rings is 2. The minimum absolute atomic E-state index is 0.200. The van der Waals surface area contributed by atoms with Gasteiger partial charge in [0.25, 0.3) is 0 Å². The number of nitro groups is 1. The minimum atomic E-state index is -0.553. The van der Waals surface area contributed by atoms with Crippen LogP contribution in [-0.4, -0.2) is 34.3 Å². The highest BCUT2D eigenvalue weighted by Gasteiger charge is 2.28. The number of fused-ring (bicyclic) bond motifs is 1. The lowest BCUT2D eigenvalue weighted by Crippen LogP contribution is -2.32. The van der Waals surface area contributed by atoms with Crippen LogP contribution < -0.4 is 9.47 Å². The second-order valence-corrected chi connectivity index (χ2v) is 6.58. The molecular formula is C20H18FN3O5. The molecule has 9 heteroatoms. The van der Waals surface area contributed by atoms with E-state index in [2.05, 4.69) is 4.98 Å². The number of methoxy groups -OCH3 is 1. The van der Waals surface area contributed by atoms with Crippen LogP contribution in [0.15, 0.2) is 48.7 Å². The third kappa shape index (κ3) is 4.04. The van der Waals surface area contributed by atoms with E-state index in [4.69, 9.17) is 14.2 Å². The average molecular weight is 399 g/mol. The van der Waals surface area contributed by atoms with Crippen LogP contribution in [0.2, 0.25) is 0 Å². The van der Waals surface area contributed by atoms with Gasteiger partial charge in [-0.3, -0.25) is 4.57 Å². The van der Waals surface area contributed by atoms with E-state index in [1.165, 1.54) is 19.4 Å². The Hall–Kier alpha value is -3.46. The third-order valence-electron chi connectivity index (χ3n) is 4.64. The lowest BCUT2D eigenvalue weighted by molar-refractivity contribution is -0.389. The largest absolute Gasteiger partial charge is 0.494 e. The van der Waals surface area contributed by atoms with Crippen molar-refractivity contribution < 1.29 is 23.5 Å². The van der Waals surface area contributed by atoms with Gasteiger partial charge in [0.05, 0.1) is 20.3 Å². The van der Waals surface area contributed by atoms with Crippen molar-refractivity contribution in [1.82, 2.24) is 9.55 Å². The maximum Gasteiger partial charge on any atom is 0.414 e. The summed E-state index contributed by atoms with van der Waals surface area (Å²) in [6.45, 7) is 1.08. The molecular weight excluding hydrogens is 381 g/mol. The van der Waals surface area contributed by atoms with Gasteiger partial charge < -0.3 is 24.3 Å². The summed E-state index contributed by atoms with van der Waals surface area (Å²) in [7, 11) is 1.43. The van der Waals surface area contributed by atoms with Crippen molar-refractivity contribution in [2.24, 2.45) is 0 Å². The summed E-state index contributed by atoms with van der Waals surface area (Å²) in [6, 6.07) is 12.7. The molecule has 1 aliphatic heterocycles. The second kappa shape index (κ2) is 7.88. The molecule has 0 saturated heterocycles. The van der Waals surface area contributed by atoms with Gasteiger partial charge in [-0.05, 0) is 33.7 Å². The summed E-state index contributed by atoms with van der Waals surface area (Å²) in [5.41, 5.74) is 2.75. The van der Waals surface area contributed by atoms with Crippen molar-refractivity contribution >= 4 is 5.82 Å². The average Bonchev–Trinajstić information content (AvgIpc) is 3.17. The molecule has 2 heterocycles. The van der Waals surface area contributed by atoms with Crippen LogP contribution in [0.3, 0.4) is 0 Å². The Kier molecular flexibility index (Phi) is 5.13. The Balaban J connectivity index is 1.38. The van der Waals surface area contributed by atoms with E-state index in [1.807, 2.05) is 24.3 Å². The van der Waals surface area contributed by atoms with Gasteiger partial charge in [-0.2, -0.15) is 0 Å². The molecule has 1 aliphatic rings. The molecule has 29 heavy (non-hydrogen) atoms. The highest BCUT2D eigenvalue weighted by atomic mass is 19.1. The standard InChI is InChI=1S/C20H18FN3O5/c1-27-18-8-15(6-7-17(18)21)14-4-2-13(3-5-14)11-28-16-9-23-10-19(24(25)26)22-20(23)29-12-16/h2-8,10,16H,9,11-12H2,1H3/t16-/m0/s1. The van der Waals surface area contributed by atoms with E-state index < -0.39 is 10.7 Å². The van der Waals surface area contributed by atoms with E-state index in [0.717, 1.165) is 16.7 Å². The number of halogens is 1. The lowest BCUT2D eigenvalue weighted by Gasteiger charge is -2.22. The molecule has 0 amide bonds. The van der Waals surface area contributed by atoms with Crippen LogP contribution in [0.25, 0.3) is 11.1 Å². The van der Waals surface area contributed by atoms with Gasteiger partial charge in [0, 0.05) is 4.98 Å². The number of nitrogens with zero attached hydrogens (tertiary/aromatic N) is 3. The summed E-state index contributed by atoms with van der Waals surface area (Å²) in [4.78, 5) is 14.1. The zero-order valence-corrected chi connectivity index (χ0v) is 15.6. The van der Waals surface area contributed by atoms with Crippen molar-refractivity contribution in [2.75, 3.05) is 13.7 Å². The SMILES string of the molecule is COc1cc(-c2ccc(CO[C@@H]3COc4nc([N+](=O)[O-])cn4C3)cc2)ccc1F. The number of imidazole rings is 1. The molecule has 0 bridgehead atoms. The summed E-state index contributed by atoms with van der Waals surface area (Å²) >= 11 is 0. The highest BCUT2D eigenvalue weighted by molar-refractivity contribution is 5.65. The first-order valence-electron chi connectivity index (χ1n) is 8.92. The second-order valence-electron chi connectivity index (χ2n) is 6.58. The normalized spacial score (nSPS) is 15.4. The molecule has 0 N–H and O–H groups in total. The fourth-order valence-corrected chi connectivity index (χ4v) is 3.11. The van der Waals surface area contributed by atoms with E-state index in [0.29, 0.717) is 13.2 Å². The maximum absolute atomic E-state index is 13.6. The monoisotopic (exact) mass is 399 g/mol. The molecule has 1 aromatic heterocycles. The van der Waals surface area contributed by atoms with Gasteiger partial charge in [0.1, 0.15) is 18.9 Å². The quantitative estimate of drug-likeness (QED) is 0.465. The summed E-state index contributed by atoms with van der Waals surface area (Å²) in [6.07, 6.45) is 1.11. The Morgan fingerprint density at radius 2 is 2.03 bits per heavy atom. The van der Waals surface area contributed by atoms with Crippen LogP contribution in [0.1, 0.15) is 5.56 Å². The summed E-state index contributed by atoms with van der Waals surface area (Å²) in [5, 5.41) is 10.8. The molecule has 3 aromatic rings. The molecule has 2 aromatic carbocycles. The van der Waals surface area contributed by atoms with Crippen LogP contribution in [0, 0.1) is 15.9 Å². The Morgan fingerprint density at radius 1 is 1.28 bits per heavy atom. The van der Waals surface area contributed by atoms with Crippen LogP contribution >= 0.6 is 0 Å². The van der Waals surface area contributed by atoms with Crippen LogP contribution in [-0.2, 0) is 17.9 Å². The molecule has 0 aliphatic carbocycles. The van der Waals surface area contributed by atoms with Gasteiger partial charge in [-0.15, -0.1) is 0 Å². The number of ether oxygens (including phenoxy) is 3. The zero-order chi connectivity index (χ0) is 20.4. The molecule has 150 valence electrons. The zero-order valence-electron chi connectivity index (χ0n) is 15.6. The van der Waals surface area contributed by atoms with Gasteiger partial charge in [-0.1, -0.05) is 30.3 Å². The Bertz CT molecular complexity index is 1040. The molecule has 0 saturated carbocycles. The third-order valence-corrected chi connectivity index (χ3v) is 4.64. The Labute approximate surface area is 165 Å². The fourth-order valence-electron chi connectivity index (χ4n) is 3.11. The van der Waals surface area contributed by atoms with Crippen molar-refractivity contribution in [2.45, 2.75) is 19.3 Å². The van der Waals surface area contributed by atoms with E-state index in [1.54, 1.807) is 16.7 Å². The molecule has 8 nitrogen and oxygen atoms in total. The fraction of sp³-hybridized carbons (Fsp3) is 0.250. The van der Waals surface area contributed by atoms with E-state index >= 15 is 0 Å². The predicted octanol–water partition coefficient (Wildman–Crippen LogP) is 3.58. The predicted molar refractivity (Wildman–Crippen MR) is 101 cm³/mol. The van der Waals surface area contributed by atoms with Crippen molar-refractivity contribution in [3.63, 3.8) is 0 Å². The Morgan fingerprint density at radius 3 is 2.76 bits per heavy atom. The molecule has 0 spiro atoms. The lowest BCUT2D eigenvalue weighted by atomic mass is 10.0. The number of hydrogen-bond donors (Lipinski definition) is 0. The van der Waals surface area contributed by atoms with Gasteiger partial charge in [-0.25, -0.2) is 4.39 Å². The van der Waals surface area contributed by atoms with Gasteiger partial charge >= 0.3 is 11.8 Å². The number of rotatable bonds is 6. The van der Waals surface area contributed by atoms with Crippen LogP contribution in [0.5, 0.6) is 11.8 Å². The van der Waals surface area contributed by atoms with Crippen molar-refractivity contribution in [3.05, 3.63) is 70.2 Å². The number of aromatic nitrogens is 2. The van der Waals surface area contributed by atoms with E-state index in [9.17, 15) is 14.5 Å². The summed E-state index contributed by atoms with van der Waals surface area (Å²) < 4.78 is 31.5. The molecule has 0 unspecified atom stereocenters. The highest BCUT2D eigenvalue weighted by Crippen LogP contribution is 2.27. The van der Waals surface area contributed by atoms with E-state index in [-0.39, 0.29) is 30.3 Å². The molecule has 0 fully saturated rings. The minimum Gasteiger partial charge on any atom is -0.494 e. The van der Waals surface area contributed by atoms with Gasteiger partial charge in [0.2, 0.25) is 0 Å². The van der Waals surface area contributed by atoms with Crippen LogP contribution in [0.4, 0.5) is 10.2 Å². The smallest absolute Gasteiger partial charge is 0.414 e. The molecule has 1 atom stereocenters. The summed E-state index contributed by atoms with van der Waals surface area (Å²) in [5.74, 6) is -0.442.